The van der Waals surface area contributed by atoms with Crippen LogP contribution in [0.1, 0.15) is 35.9 Å². The second kappa shape index (κ2) is 5.47. The van der Waals surface area contributed by atoms with Crippen molar-refractivity contribution in [1.29, 1.82) is 0 Å². The molecule has 0 fully saturated rings. The number of carbonyl (C=O) groups is 1. The van der Waals surface area contributed by atoms with E-state index in [9.17, 15) is 4.79 Å². The van der Waals surface area contributed by atoms with Crippen molar-refractivity contribution in [2.75, 3.05) is 5.32 Å². The highest BCUT2D eigenvalue weighted by Gasteiger charge is 2.17. The lowest BCUT2D eigenvalue weighted by atomic mass is 10.2. The van der Waals surface area contributed by atoms with E-state index in [2.05, 4.69) is 20.6 Å². The predicted octanol–water partition coefficient (Wildman–Crippen LogP) is 2.44. The Bertz CT molecular complexity index is 799. The summed E-state index contributed by atoms with van der Waals surface area (Å²) in [4.78, 5) is 16.3. The van der Waals surface area contributed by atoms with Crippen molar-refractivity contribution >= 4 is 11.9 Å². The zero-order chi connectivity index (χ0) is 15.7. The van der Waals surface area contributed by atoms with Crippen molar-refractivity contribution in [2.24, 2.45) is 7.05 Å². The first-order chi connectivity index (χ1) is 10.5. The number of anilines is 1. The SMILES string of the molecule is CC(C)c1coc(NC(=O)c2cc(-c3ccn(C)n3)on2)n1. The van der Waals surface area contributed by atoms with Crippen LogP contribution in [0.4, 0.5) is 6.01 Å². The average molecular weight is 301 g/mol. The van der Waals surface area contributed by atoms with Gasteiger partial charge in [0.1, 0.15) is 12.0 Å². The van der Waals surface area contributed by atoms with Crippen molar-refractivity contribution in [3.05, 3.63) is 36.0 Å². The highest BCUT2D eigenvalue weighted by Crippen LogP contribution is 2.19. The Labute approximate surface area is 126 Å². The molecule has 3 heterocycles. The molecule has 8 nitrogen and oxygen atoms in total. The third kappa shape index (κ3) is 2.76. The van der Waals surface area contributed by atoms with E-state index >= 15 is 0 Å². The van der Waals surface area contributed by atoms with Crippen LogP contribution in [0.15, 0.2) is 33.5 Å². The van der Waals surface area contributed by atoms with Gasteiger partial charge in [-0.05, 0) is 12.0 Å². The summed E-state index contributed by atoms with van der Waals surface area (Å²) in [5, 5.41) is 10.5. The molecule has 3 rings (SSSR count). The highest BCUT2D eigenvalue weighted by atomic mass is 16.5. The number of nitrogens with zero attached hydrogens (tertiary/aromatic N) is 4. The van der Waals surface area contributed by atoms with E-state index in [-0.39, 0.29) is 17.6 Å². The maximum absolute atomic E-state index is 12.1. The number of nitrogens with one attached hydrogen (secondary N) is 1. The second-order valence-electron chi connectivity index (χ2n) is 5.14. The zero-order valence-corrected chi connectivity index (χ0v) is 12.4. The molecule has 1 N–H and O–H groups in total. The number of oxazole rings is 1. The van der Waals surface area contributed by atoms with E-state index in [1.54, 1.807) is 24.0 Å². The van der Waals surface area contributed by atoms with Gasteiger partial charge in [0.05, 0.1) is 5.69 Å². The van der Waals surface area contributed by atoms with Gasteiger partial charge in [0, 0.05) is 19.3 Å². The molecule has 8 heteroatoms. The number of rotatable bonds is 4. The van der Waals surface area contributed by atoms with Gasteiger partial charge in [-0.25, -0.2) is 0 Å². The first kappa shape index (κ1) is 14.1. The Hall–Kier alpha value is -2.90. The van der Waals surface area contributed by atoms with Gasteiger partial charge in [-0.2, -0.15) is 10.1 Å². The average Bonchev–Trinajstić information content (AvgIpc) is 3.16. The minimum Gasteiger partial charge on any atom is -0.432 e. The third-order valence-corrected chi connectivity index (χ3v) is 3.04. The third-order valence-electron chi connectivity index (χ3n) is 3.04. The summed E-state index contributed by atoms with van der Waals surface area (Å²) < 4.78 is 12.0. The van der Waals surface area contributed by atoms with Crippen molar-refractivity contribution in [3.63, 3.8) is 0 Å². The number of hydrogen-bond donors (Lipinski definition) is 1. The van der Waals surface area contributed by atoms with Crippen LogP contribution in [0.25, 0.3) is 11.5 Å². The number of aromatic nitrogens is 4. The monoisotopic (exact) mass is 301 g/mol. The van der Waals surface area contributed by atoms with Crippen LogP contribution < -0.4 is 5.32 Å². The molecule has 0 aliphatic carbocycles. The Morgan fingerprint density at radius 3 is 2.86 bits per heavy atom. The normalized spacial score (nSPS) is 11.1. The van der Waals surface area contributed by atoms with Crippen LogP contribution in [-0.4, -0.2) is 25.8 Å². The minimum absolute atomic E-state index is 0.130. The van der Waals surface area contributed by atoms with Gasteiger partial charge in [-0.1, -0.05) is 19.0 Å². The Morgan fingerprint density at radius 1 is 1.41 bits per heavy atom. The molecule has 114 valence electrons. The van der Waals surface area contributed by atoms with Crippen LogP contribution in [0, 0.1) is 0 Å². The first-order valence-corrected chi connectivity index (χ1v) is 6.76. The second-order valence-corrected chi connectivity index (χ2v) is 5.14. The highest BCUT2D eigenvalue weighted by molar-refractivity contribution is 6.02. The Kier molecular flexibility index (Phi) is 3.50. The summed E-state index contributed by atoms with van der Waals surface area (Å²) in [7, 11) is 1.79. The van der Waals surface area contributed by atoms with Gasteiger partial charge in [0.15, 0.2) is 11.5 Å². The Morgan fingerprint density at radius 2 is 2.23 bits per heavy atom. The lowest BCUT2D eigenvalue weighted by Crippen LogP contribution is -2.12. The molecule has 0 bridgehead atoms. The summed E-state index contributed by atoms with van der Waals surface area (Å²) in [5.41, 5.74) is 1.50. The molecule has 0 unspecified atom stereocenters. The van der Waals surface area contributed by atoms with Gasteiger partial charge in [0.2, 0.25) is 0 Å². The van der Waals surface area contributed by atoms with E-state index in [4.69, 9.17) is 8.94 Å². The maximum atomic E-state index is 12.1. The molecule has 3 aromatic heterocycles. The van der Waals surface area contributed by atoms with Gasteiger partial charge < -0.3 is 8.94 Å². The lowest BCUT2D eigenvalue weighted by molar-refractivity contribution is 0.101. The minimum atomic E-state index is -0.455. The van der Waals surface area contributed by atoms with Gasteiger partial charge in [-0.3, -0.25) is 14.8 Å². The molecule has 0 radical (unpaired) electrons. The number of carbonyl (C=O) groups excluding carboxylic acids is 1. The largest absolute Gasteiger partial charge is 0.432 e. The van der Waals surface area contributed by atoms with Crippen molar-refractivity contribution in [2.45, 2.75) is 19.8 Å². The topological polar surface area (TPSA) is 99.0 Å². The van der Waals surface area contributed by atoms with E-state index < -0.39 is 5.91 Å². The maximum Gasteiger partial charge on any atom is 0.301 e. The van der Waals surface area contributed by atoms with Crippen LogP contribution in [0.2, 0.25) is 0 Å². The number of hydrogen-bond acceptors (Lipinski definition) is 6. The quantitative estimate of drug-likeness (QED) is 0.794. The Balaban J connectivity index is 1.73. The van der Waals surface area contributed by atoms with Crippen molar-refractivity contribution in [3.8, 4) is 11.5 Å². The lowest BCUT2D eigenvalue weighted by Gasteiger charge is -1.96. The molecule has 0 saturated heterocycles. The summed E-state index contributed by atoms with van der Waals surface area (Å²) in [5.74, 6) is 0.182. The molecule has 22 heavy (non-hydrogen) atoms. The molecular weight excluding hydrogens is 286 g/mol. The van der Waals surface area contributed by atoms with Gasteiger partial charge in [-0.15, -0.1) is 0 Å². The van der Waals surface area contributed by atoms with Crippen LogP contribution in [0.3, 0.4) is 0 Å². The summed E-state index contributed by atoms with van der Waals surface area (Å²) in [6.07, 6.45) is 3.29. The van der Waals surface area contributed by atoms with E-state index in [1.807, 2.05) is 13.8 Å². The molecule has 0 saturated carbocycles. The molecule has 1 amide bonds. The van der Waals surface area contributed by atoms with Gasteiger partial charge in [0.25, 0.3) is 5.91 Å². The van der Waals surface area contributed by atoms with Crippen LogP contribution in [-0.2, 0) is 7.05 Å². The molecule has 0 aliphatic heterocycles. The fraction of sp³-hybridized carbons (Fsp3) is 0.286. The fourth-order valence-electron chi connectivity index (χ4n) is 1.82. The van der Waals surface area contributed by atoms with Gasteiger partial charge >= 0.3 is 6.01 Å². The van der Waals surface area contributed by atoms with Crippen molar-refractivity contribution in [1.82, 2.24) is 19.9 Å². The molecule has 0 aliphatic rings. The van der Waals surface area contributed by atoms with Crippen LogP contribution >= 0.6 is 0 Å². The van der Waals surface area contributed by atoms with E-state index in [0.29, 0.717) is 11.5 Å². The summed E-state index contributed by atoms with van der Waals surface area (Å²) >= 11 is 0. The van der Waals surface area contributed by atoms with Crippen molar-refractivity contribution < 1.29 is 13.7 Å². The zero-order valence-electron chi connectivity index (χ0n) is 12.4. The molecule has 3 aromatic rings. The number of amides is 1. The number of aryl methyl sites for hydroxylation is 1. The smallest absolute Gasteiger partial charge is 0.301 e. The first-order valence-electron chi connectivity index (χ1n) is 6.76. The summed E-state index contributed by atoms with van der Waals surface area (Å²) in [6.45, 7) is 3.97. The van der Waals surface area contributed by atoms with E-state index in [1.165, 1.54) is 12.3 Å². The fourth-order valence-corrected chi connectivity index (χ4v) is 1.82. The summed E-state index contributed by atoms with van der Waals surface area (Å²) in [6, 6.07) is 3.42. The molecule has 0 aromatic carbocycles. The molecule has 0 spiro atoms. The molecular formula is C14H15N5O3. The standard InChI is InChI=1S/C14H15N5O3/c1-8(2)11-7-21-14(15-11)16-13(20)10-6-12(22-18-10)9-4-5-19(3)17-9/h4-8H,1-3H3,(H,15,16,20). The van der Waals surface area contributed by atoms with Crippen LogP contribution in [0.5, 0.6) is 0 Å². The van der Waals surface area contributed by atoms with E-state index in [0.717, 1.165) is 5.69 Å². The predicted molar refractivity (Wildman–Crippen MR) is 77.3 cm³/mol. The molecule has 0 atom stereocenters.